The first-order valence-electron chi connectivity index (χ1n) is 9.38. The van der Waals surface area contributed by atoms with E-state index in [1.165, 1.54) is 17.8 Å². The minimum Gasteiger partial charge on any atom is -0.370 e. The van der Waals surface area contributed by atoms with Crippen LogP contribution >= 0.6 is 11.6 Å². The van der Waals surface area contributed by atoms with E-state index in [1.807, 2.05) is 18.2 Å². The van der Waals surface area contributed by atoms with Gasteiger partial charge in [0, 0.05) is 48.0 Å². The van der Waals surface area contributed by atoms with Gasteiger partial charge in [-0.15, -0.1) is 0 Å². The maximum atomic E-state index is 13.4. The van der Waals surface area contributed by atoms with E-state index in [0.29, 0.717) is 17.5 Å². The van der Waals surface area contributed by atoms with Crippen molar-refractivity contribution >= 4 is 29.1 Å². The quantitative estimate of drug-likeness (QED) is 0.765. The highest BCUT2D eigenvalue weighted by molar-refractivity contribution is 6.30. The third kappa shape index (κ3) is 4.07. The molecule has 0 aromatic heterocycles. The van der Waals surface area contributed by atoms with Crippen molar-refractivity contribution in [2.24, 2.45) is 0 Å². The first-order valence-corrected chi connectivity index (χ1v) is 9.76. The topological polar surface area (TPSA) is 23.6 Å². The van der Waals surface area contributed by atoms with Gasteiger partial charge in [-0.25, -0.2) is 4.39 Å². The molecule has 0 bridgehead atoms. The van der Waals surface area contributed by atoms with Crippen LogP contribution in [0.5, 0.6) is 0 Å². The van der Waals surface area contributed by atoms with E-state index in [2.05, 4.69) is 21.9 Å². The summed E-state index contributed by atoms with van der Waals surface area (Å²) in [5.41, 5.74) is 3.32. The molecule has 2 aromatic carbocycles. The van der Waals surface area contributed by atoms with Gasteiger partial charge in [0.05, 0.1) is 0 Å². The van der Waals surface area contributed by atoms with Crippen molar-refractivity contribution in [3.05, 3.63) is 70.0 Å². The Morgan fingerprint density at radius 1 is 1.00 bits per heavy atom. The molecule has 1 aliphatic carbocycles. The summed E-state index contributed by atoms with van der Waals surface area (Å²) in [5.74, 6) is -0.253. The average Bonchev–Trinajstić information content (AvgIpc) is 2.83. The van der Waals surface area contributed by atoms with Crippen LogP contribution in [0.3, 0.4) is 0 Å². The van der Waals surface area contributed by atoms with E-state index in [9.17, 15) is 9.18 Å². The van der Waals surface area contributed by atoms with Crippen molar-refractivity contribution in [2.75, 3.05) is 37.6 Å². The van der Waals surface area contributed by atoms with E-state index < -0.39 is 0 Å². The molecule has 0 amide bonds. The smallest absolute Gasteiger partial charge is 0.189 e. The second-order valence-corrected chi connectivity index (χ2v) is 7.58. The Morgan fingerprint density at radius 3 is 2.63 bits per heavy atom. The second-order valence-electron chi connectivity index (χ2n) is 7.14. The van der Waals surface area contributed by atoms with E-state index >= 15 is 0 Å². The number of Topliss-reactive ketones (excluding diaryl/α,β-unsaturated/α-hetero) is 1. The fourth-order valence-corrected chi connectivity index (χ4v) is 3.98. The van der Waals surface area contributed by atoms with Gasteiger partial charge in [0.15, 0.2) is 5.78 Å². The zero-order valence-electron chi connectivity index (χ0n) is 15.1. The number of hydrogen-bond acceptors (Lipinski definition) is 3. The van der Waals surface area contributed by atoms with Gasteiger partial charge in [-0.3, -0.25) is 4.79 Å². The number of nitrogens with zero attached hydrogens (tertiary/aromatic N) is 2. The molecular formula is C22H22ClFN2O. The molecule has 2 aromatic rings. The second kappa shape index (κ2) is 7.83. The average molecular weight is 385 g/mol. The van der Waals surface area contributed by atoms with E-state index in [1.54, 1.807) is 6.07 Å². The van der Waals surface area contributed by atoms with Crippen LogP contribution in [0.25, 0.3) is 6.08 Å². The Hall–Kier alpha value is -2.17. The van der Waals surface area contributed by atoms with Gasteiger partial charge < -0.3 is 9.80 Å². The number of ketones is 1. The molecule has 0 saturated carbocycles. The lowest BCUT2D eigenvalue weighted by Crippen LogP contribution is -2.31. The molecule has 0 radical (unpaired) electrons. The molecule has 5 heteroatoms. The first-order chi connectivity index (χ1) is 13.1. The number of carbonyl (C=O) groups excluding carboxylic acids is 1. The summed E-state index contributed by atoms with van der Waals surface area (Å²) in [7, 11) is 0. The molecule has 27 heavy (non-hydrogen) atoms. The van der Waals surface area contributed by atoms with Crippen LogP contribution in [-0.4, -0.2) is 43.4 Å². The zero-order chi connectivity index (χ0) is 18.8. The number of hydrogen-bond donors (Lipinski definition) is 0. The molecule has 1 heterocycles. The Labute approximate surface area is 164 Å². The minimum atomic E-state index is -0.297. The molecule has 0 spiro atoms. The SMILES string of the molecule is O=C1C(CCN2CCCN(c3ccc(Cl)cc3)CC2)=Cc2cc(F)ccc21. The van der Waals surface area contributed by atoms with Gasteiger partial charge >= 0.3 is 0 Å². The van der Waals surface area contributed by atoms with Crippen molar-refractivity contribution in [1.29, 1.82) is 0 Å². The molecule has 1 saturated heterocycles. The number of anilines is 1. The van der Waals surface area contributed by atoms with Gasteiger partial charge in [0.2, 0.25) is 0 Å². The van der Waals surface area contributed by atoms with Crippen LogP contribution in [0.4, 0.5) is 10.1 Å². The summed E-state index contributed by atoms with van der Waals surface area (Å²) in [6, 6.07) is 12.4. The molecule has 4 rings (SSSR count). The minimum absolute atomic E-state index is 0.0441. The van der Waals surface area contributed by atoms with Gasteiger partial charge in [0.25, 0.3) is 0 Å². The lowest BCUT2D eigenvalue weighted by atomic mass is 10.1. The molecular weight excluding hydrogens is 363 g/mol. The Balaban J connectivity index is 1.34. The Bertz CT molecular complexity index is 878. The monoisotopic (exact) mass is 384 g/mol. The lowest BCUT2D eigenvalue weighted by Gasteiger charge is -2.23. The van der Waals surface area contributed by atoms with Crippen molar-refractivity contribution in [3.8, 4) is 0 Å². The van der Waals surface area contributed by atoms with Gasteiger partial charge in [-0.1, -0.05) is 11.6 Å². The summed E-state index contributed by atoms with van der Waals surface area (Å²) in [4.78, 5) is 17.3. The fourth-order valence-electron chi connectivity index (χ4n) is 3.85. The highest BCUT2D eigenvalue weighted by Gasteiger charge is 2.23. The van der Waals surface area contributed by atoms with Crippen LogP contribution in [0, 0.1) is 5.82 Å². The van der Waals surface area contributed by atoms with Crippen LogP contribution in [0.15, 0.2) is 48.0 Å². The van der Waals surface area contributed by atoms with Gasteiger partial charge in [-0.05, 0) is 73.5 Å². The molecule has 1 fully saturated rings. The number of carbonyl (C=O) groups is 1. The highest BCUT2D eigenvalue weighted by Crippen LogP contribution is 2.28. The largest absolute Gasteiger partial charge is 0.370 e. The van der Waals surface area contributed by atoms with Crippen LogP contribution < -0.4 is 4.90 Å². The third-order valence-corrected chi connectivity index (χ3v) is 5.61. The van der Waals surface area contributed by atoms with Crippen LogP contribution in [0.1, 0.15) is 28.8 Å². The van der Waals surface area contributed by atoms with Crippen molar-refractivity contribution < 1.29 is 9.18 Å². The zero-order valence-corrected chi connectivity index (χ0v) is 15.9. The third-order valence-electron chi connectivity index (χ3n) is 5.36. The predicted molar refractivity (Wildman–Crippen MR) is 108 cm³/mol. The highest BCUT2D eigenvalue weighted by atomic mass is 35.5. The Morgan fingerprint density at radius 2 is 1.81 bits per heavy atom. The summed E-state index contributed by atoms with van der Waals surface area (Å²) in [5, 5.41) is 0.755. The lowest BCUT2D eigenvalue weighted by molar-refractivity contribution is 0.103. The summed E-state index contributed by atoms with van der Waals surface area (Å²) in [6.45, 7) is 4.81. The maximum Gasteiger partial charge on any atom is 0.189 e. The number of fused-ring (bicyclic) bond motifs is 1. The molecule has 2 aliphatic rings. The molecule has 0 unspecified atom stereocenters. The molecule has 0 atom stereocenters. The number of rotatable bonds is 4. The number of benzene rings is 2. The van der Waals surface area contributed by atoms with E-state index in [0.717, 1.165) is 49.7 Å². The normalized spacial score (nSPS) is 17.6. The van der Waals surface area contributed by atoms with Gasteiger partial charge in [0.1, 0.15) is 5.82 Å². The van der Waals surface area contributed by atoms with Crippen LogP contribution in [0.2, 0.25) is 5.02 Å². The summed E-state index contributed by atoms with van der Waals surface area (Å²) in [6.07, 6.45) is 3.63. The van der Waals surface area contributed by atoms with Crippen molar-refractivity contribution in [3.63, 3.8) is 0 Å². The predicted octanol–water partition coefficient (Wildman–Crippen LogP) is 4.66. The fraction of sp³-hybridized carbons (Fsp3) is 0.318. The first kappa shape index (κ1) is 18.2. The van der Waals surface area contributed by atoms with Crippen molar-refractivity contribution in [2.45, 2.75) is 12.8 Å². The number of halogens is 2. The molecule has 1 aliphatic heterocycles. The standard InChI is InChI=1S/C22H22ClFN2O/c23-18-2-5-20(6-3-18)26-10-1-9-25(12-13-26)11-8-16-14-17-15-19(24)4-7-21(17)22(16)27/h2-7,14-15H,1,8-13H2. The summed E-state index contributed by atoms with van der Waals surface area (Å²) < 4.78 is 13.4. The van der Waals surface area contributed by atoms with Crippen LogP contribution in [-0.2, 0) is 0 Å². The van der Waals surface area contributed by atoms with Crippen molar-refractivity contribution in [1.82, 2.24) is 4.90 Å². The molecule has 3 nitrogen and oxygen atoms in total. The molecule has 0 N–H and O–H groups in total. The van der Waals surface area contributed by atoms with Gasteiger partial charge in [-0.2, -0.15) is 0 Å². The molecule has 140 valence electrons. The maximum absolute atomic E-state index is 13.4. The Kier molecular flexibility index (Phi) is 5.28. The van der Waals surface area contributed by atoms with E-state index in [4.69, 9.17) is 11.6 Å². The van der Waals surface area contributed by atoms with E-state index in [-0.39, 0.29) is 11.6 Å². The summed E-state index contributed by atoms with van der Waals surface area (Å²) >= 11 is 5.98.